The summed E-state index contributed by atoms with van der Waals surface area (Å²) >= 11 is 0. The second-order valence-electron chi connectivity index (χ2n) is 7.86. The molecule has 0 aromatic carbocycles. The van der Waals surface area contributed by atoms with E-state index in [2.05, 4.69) is 13.8 Å². The molecule has 0 amide bonds. The van der Waals surface area contributed by atoms with Crippen molar-refractivity contribution in [3.8, 4) is 0 Å². The van der Waals surface area contributed by atoms with E-state index >= 15 is 0 Å². The molecule has 0 spiro atoms. The van der Waals surface area contributed by atoms with Crippen molar-refractivity contribution < 1.29 is 19.1 Å². The Bertz CT molecular complexity index is 395. The fourth-order valence-corrected chi connectivity index (χ4v) is 2.51. The third-order valence-corrected chi connectivity index (χ3v) is 4.01. The highest BCUT2D eigenvalue weighted by Gasteiger charge is 2.23. The second kappa shape index (κ2) is 14.8. The van der Waals surface area contributed by atoms with Gasteiger partial charge in [0.1, 0.15) is 0 Å². The van der Waals surface area contributed by atoms with Crippen LogP contribution in [0.1, 0.15) is 92.9 Å². The molecule has 0 unspecified atom stereocenters. The predicted octanol–water partition coefficient (Wildman–Crippen LogP) is 5.84. The molecule has 26 heavy (non-hydrogen) atoms. The van der Waals surface area contributed by atoms with Gasteiger partial charge < -0.3 is 9.47 Å². The number of hydrogen-bond acceptors (Lipinski definition) is 4. The molecule has 0 radical (unpaired) electrons. The molecule has 0 N–H and O–H groups in total. The van der Waals surface area contributed by atoms with E-state index in [9.17, 15) is 9.59 Å². The summed E-state index contributed by atoms with van der Waals surface area (Å²) in [5.41, 5.74) is 1.06. The topological polar surface area (TPSA) is 52.6 Å². The highest BCUT2D eigenvalue weighted by molar-refractivity contribution is 6.00. The quantitative estimate of drug-likeness (QED) is 0.219. The second-order valence-corrected chi connectivity index (χ2v) is 7.86. The minimum atomic E-state index is -0.345. The molecule has 0 saturated heterocycles. The Morgan fingerprint density at radius 3 is 1.27 bits per heavy atom. The zero-order valence-corrected chi connectivity index (χ0v) is 17.9. The number of carbonyl (C=O) groups is 2. The van der Waals surface area contributed by atoms with E-state index in [1.165, 1.54) is 0 Å². The minimum absolute atomic E-state index is 0.271. The van der Waals surface area contributed by atoms with E-state index in [-0.39, 0.29) is 23.8 Å². The summed E-state index contributed by atoms with van der Waals surface area (Å²) in [4.78, 5) is 25.3. The molecule has 0 heterocycles. The van der Waals surface area contributed by atoms with E-state index in [1.54, 1.807) is 0 Å². The van der Waals surface area contributed by atoms with Crippen LogP contribution in [0, 0.1) is 11.8 Å². The van der Waals surface area contributed by atoms with Crippen LogP contribution in [-0.4, -0.2) is 25.2 Å². The number of carbonyl (C=O) groups excluding carboxylic acids is 2. The lowest BCUT2D eigenvalue weighted by Gasteiger charge is -2.16. The summed E-state index contributed by atoms with van der Waals surface area (Å²) in [6.45, 7) is 13.0. The summed E-state index contributed by atoms with van der Waals surface area (Å²) < 4.78 is 10.9. The summed E-state index contributed by atoms with van der Waals surface area (Å²) in [5.74, 6) is -0.148. The van der Waals surface area contributed by atoms with E-state index in [0.717, 1.165) is 38.5 Å². The van der Waals surface area contributed by atoms with E-state index in [1.807, 2.05) is 27.7 Å². The Kier molecular flexibility index (Phi) is 14.1. The molecule has 0 aliphatic rings. The van der Waals surface area contributed by atoms with Gasteiger partial charge >= 0.3 is 11.9 Å². The first kappa shape index (κ1) is 24.7. The third-order valence-electron chi connectivity index (χ3n) is 4.01. The molecule has 0 aromatic heterocycles. The Morgan fingerprint density at radius 2 is 1.00 bits per heavy atom. The first-order valence-corrected chi connectivity index (χ1v) is 10.4. The van der Waals surface area contributed by atoms with Gasteiger partial charge in [0.25, 0.3) is 0 Å². The van der Waals surface area contributed by atoms with E-state index < -0.39 is 0 Å². The van der Waals surface area contributed by atoms with Crippen LogP contribution >= 0.6 is 0 Å². The van der Waals surface area contributed by atoms with Crippen molar-refractivity contribution in [3.05, 3.63) is 11.1 Å². The van der Waals surface area contributed by atoms with Crippen molar-refractivity contribution in [2.75, 3.05) is 13.2 Å². The highest BCUT2D eigenvalue weighted by Crippen LogP contribution is 2.22. The van der Waals surface area contributed by atoms with Crippen molar-refractivity contribution in [2.45, 2.75) is 92.9 Å². The average Bonchev–Trinajstić information content (AvgIpc) is 2.59. The van der Waals surface area contributed by atoms with Gasteiger partial charge in [-0.3, -0.25) is 0 Å². The number of ether oxygens (including phenoxy) is 2. The summed E-state index contributed by atoms with van der Waals surface area (Å²) in [5, 5.41) is 0. The minimum Gasteiger partial charge on any atom is -0.462 e. The van der Waals surface area contributed by atoms with Gasteiger partial charge in [0.05, 0.1) is 13.2 Å². The molecule has 0 aromatic rings. The number of hydrogen-bond donors (Lipinski definition) is 0. The van der Waals surface area contributed by atoms with Crippen LogP contribution in [0.3, 0.4) is 0 Å². The SMILES string of the molecule is CCCCC/C(C(=O)OCC(C)C)=C(\CCCCC)C(=O)OCC(C)C. The summed E-state index contributed by atoms with van der Waals surface area (Å²) in [6.07, 6.45) is 7.14. The summed E-state index contributed by atoms with van der Waals surface area (Å²) in [7, 11) is 0. The first-order valence-electron chi connectivity index (χ1n) is 10.4. The van der Waals surface area contributed by atoms with E-state index in [4.69, 9.17) is 9.47 Å². The van der Waals surface area contributed by atoms with Gasteiger partial charge in [-0.05, 0) is 37.5 Å². The number of unbranched alkanes of at least 4 members (excludes halogenated alkanes) is 4. The molecule has 0 saturated carbocycles. The molecular weight excluding hydrogens is 328 g/mol. The molecule has 0 aliphatic heterocycles. The maximum absolute atomic E-state index is 12.7. The lowest BCUT2D eigenvalue weighted by atomic mass is 9.97. The zero-order chi connectivity index (χ0) is 19.9. The van der Waals surface area contributed by atoms with Crippen LogP contribution in [0.25, 0.3) is 0 Å². The monoisotopic (exact) mass is 368 g/mol. The van der Waals surface area contributed by atoms with Crippen LogP contribution < -0.4 is 0 Å². The fraction of sp³-hybridized carbons (Fsp3) is 0.818. The molecule has 4 nitrogen and oxygen atoms in total. The lowest BCUT2D eigenvalue weighted by molar-refractivity contribution is -0.143. The Labute approximate surface area is 160 Å². The van der Waals surface area contributed by atoms with Gasteiger partial charge in [0.2, 0.25) is 0 Å². The first-order chi connectivity index (χ1) is 12.3. The Hall–Kier alpha value is -1.32. The lowest BCUT2D eigenvalue weighted by Crippen LogP contribution is -2.20. The standard InChI is InChI=1S/C22H40O4/c1-7-9-11-13-19(21(23)25-15-17(3)4)20(14-12-10-8-2)22(24)26-16-18(5)6/h17-18H,7-16H2,1-6H3/b20-19-. The largest absolute Gasteiger partial charge is 0.462 e. The molecular formula is C22H40O4. The Balaban J connectivity index is 5.46. The van der Waals surface area contributed by atoms with Crippen molar-refractivity contribution in [1.29, 1.82) is 0 Å². The van der Waals surface area contributed by atoms with E-state index in [0.29, 0.717) is 37.2 Å². The van der Waals surface area contributed by atoms with Crippen LogP contribution in [0.2, 0.25) is 0 Å². The fourth-order valence-electron chi connectivity index (χ4n) is 2.51. The van der Waals surface area contributed by atoms with Crippen molar-refractivity contribution in [3.63, 3.8) is 0 Å². The van der Waals surface area contributed by atoms with Gasteiger partial charge in [-0.2, -0.15) is 0 Å². The maximum Gasteiger partial charge on any atom is 0.334 e. The third kappa shape index (κ3) is 11.3. The van der Waals surface area contributed by atoms with Crippen molar-refractivity contribution >= 4 is 11.9 Å². The zero-order valence-electron chi connectivity index (χ0n) is 17.9. The van der Waals surface area contributed by atoms with Gasteiger partial charge in [-0.25, -0.2) is 9.59 Å². The number of rotatable bonds is 14. The highest BCUT2D eigenvalue weighted by atomic mass is 16.5. The average molecular weight is 369 g/mol. The van der Waals surface area contributed by atoms with Crippen molar-refractivity contribution in [1.82, 2.24) is 0 Å². The van der Waals surface area contributed by atoms with Gasteiger partial charge in [-0.1, -0.05) is 67.2 Å². The van der Waals surface area contributed by atoms with Gasteiger partial charge in [0.15, 0.2) is 0 Å². The maximum atomic E-state index is 12.7. The van der Waals surface area contributed by atoms with Gasteiger partial charge in [-0.15, -0.1) is 0 Å². The molecule has 0 rings (SSSR count). The molecule has 0 aliphatic carbocycles. The smallest absolute Gasteiger partial charge is 0.334 e. The van der Waals surface area contributed by atoms with Crippen LogP contribution in [0.5, 0.6) is 0 Å². The van der Waals surface area contributed by atoms with Crippen molar-refractivity contribution in [2.24, 2.45) is 11.8 Å². The van der Waals surface area contributed by atoms with Crippen LogP contribution in [0.15, 0.2) is 11.1 Å². The normalized spacial score (nSPS) is 12.3. The molecule has 0 atom stereocenters. The molecule has 0 bridgehead atoms. The van der Waals surface area contributed by atoms with Crippen LogP contribution in [-0.2, 0) is 19.1 Å². The molecule has 0 fully saturated rings. The Morgan fingerprint density at radius 1 is 0.654 bits per heavy atom. The van der Waals surface area contributed by atoms with Gasteiger partial charge in [0, 0.05) is 11.1 Å². The molecule has 152 valence electrons. The molecule has 4 heteroatoms. The summed E-state index contributed by atoms with van der Waals surface area (Å²) in [6, 6.07) is 0. The van der Waals surface area contributed by atoms with Crippen LogP contribution in [0.4, 0.5) is 0 Å². The predicted molar refractivity (Wildman–Crippen MR) is 107 cm³/mol. The number of esters is 2.